The number of nitrogens with zero attached hydrogens (tertiary/aromatic N) is 2. The molecule has 1 amide bonds. The van der Waals surface area contributed by atoms with Crippen molar-refractivity contribution in [1.29, 1.82) is 0 Å². The lowest BCUT2D eigenvalue weighted by Crippen LogP contribution is -2.15. The van der Waals surface area contributed by atoms with E-state index in [1.165, 1.54) is 18.3 Å². The summed E-state index contributed by atoms with van der Waals surface area (Å²) >= 11 is 5.89. The van der Waals surface area contributed by atoms with Crippen LogP contribution in [0.25, 0.3) is 0 Å². The third-order valence-electron chi connectivity index (χ3n) is 3.37. The number of anilines is 2. The number of hydrogen-bond donors (Lipinski definition) is 2. The molecule has 2 N–H and O–H groups in total. The number of nitrogens with one attached hydrogen (secondary N) is 2. The van der Waals surface area contributed by atoms with Gasteiger partial charge in [-0.2, -0.15) is 0 Å². The first-order valence-electron chi connectivity index (χ1n) is 7.49. The quantitative estimate of drug-likeness (QED) is 0.721. The molecule has 0 spiro atoms. The molecule has 0 aliphatic carbocycles. The molecule has 0 aliphatic rings. The summed E-state index contributed by atoms with van der Waals surface area (Å²) in [6.45, 7) is 0.214. The van der Waals surface area contributed by atoms with Crippen molar-refractivity contribution >= 4 is 29.1 Å². The first-order chi connectivity index (χ1) is 12.1. The number of amides is 1. The van der Waals surface area contributed by atoms with Crippen LogP contribution in [0, 0.1) is 5.82 Å². The predicted octanol–water partition coefficient (Wildman–Crippen LogP) is 4.13. The number of hydrogen-bond acceptors (Lipinski definition) is 4. The van der Waals surface area contributed by atoms with Crippen LogP contribution < -0.4 is 10.6 Å². The Bertz CT molecular complexity index is 904. The van der Waals surface area contributed by atoms with Crippen LogP contribution >= 0.6 is 11.6 Å². The van der Waals surface area contributed by atoms with Gasteiger partial charge in [-0.25, -0.2) is 14.4 Å². The van der Waals surface area contributed by atoms with Gasteiger partial charge in [0.25, 0.3) is 5.91 Å². The van der Waals surface area contributed by atoms with E-state index in [0.29, 0.717) is 16.3 Å². The largest absolute Gasteiger partial charge is 0.350 e. The van der Waals surface area contributed by atoms with Gasteiger partial charge in [-0.3, -0.25) is 4.79 Å². The van der Waals surface area contributed by atoms with Crippen LogP contribution in [0.3, 0.4) is 0 Å². The lowest BCUT2D eigenvalue weighted by Gasteiger charge is -2.08. The Hall–Kier alpha value is -2.99. The van der Waals surface area contributed by atoms with Crippen LogP contribution in [0.15, 0.2) is 60.8 Å². The maximum Gasteiger partial charge on any atom is 0.274 e. The van der Waals surface area contributed by atoms with Gasteiger partial charge in [0.1, 0.15) is 11.5 Å². The SMILES string of the molecule is O=C(Nc1cccc(Cl)c1)c1ccnc(NCc2ccccc2F)n1. The number of rotatable bonds is 5. The first-order valence-corrected chi connectivity index (χ1v) is 7.87. The van der Waals surface area contributed by atoms with Crippen molar-refractivity contribution in [1.82, 2.24) is 9.97 Å². The number of carbonyl (C=O) groups excluding carboxylic acids is 1. The second-order valence-corrected chi connectivity index (χ2v) is 5.61. The van der Waals surface area contributed by atoms with E-state index in [4.69, 9.17) is 11.6 Å². The molecule has 0 radical (unpaired) electrons. The summed E-state index contributed by atoms with van der Waals surface area (Å²) in [6.07, 6.45) is 1.46. The van der Waals surface area contributed by atoms with Gasteiger partial charge in [0, 0.05) is 29.0 Å². The Morgan fingerprint density at radius 3 is 2.76 bits per heavy atom. The van der Waals surface area contributed by atoms with Crippen molar-refractivity contribution < 1.29 is 9.18 Å². The van der Waals surface area contributed by atoms with Crippen molar-refractivity contribution in [3.63, 3.8) is 0 Å². The van der Waals surface area contributed by atoms with E-state index >= 15 is 0 Å². The zero-order valence-electron chi connectivity index (χ0n) is 13.0. The van der Waals surface area contributed by atoms with Crippen molar-refractivity contribution in [2.24, 2.45) is 0 Å². The van der Waals surface area contributed by atoms with E-state index in [1.54, 1.807) is 42.5 Å². The molecule has 0 atom stereocenters. The average Bonchev–Trinajstić information content (AvgIpc) is 2.61. The van der Waals surface area contributed by atoms with E-state index in [0.717, 1.165) is 0 Å². The molecule has 3 rings (SSSR count). The molecule has 25 heavy (non-hydrogen) atoms. The van der Waals surface area contributed by atoms with E-state index in [-0.39, 0.29) is 24.0 Å². The summed E-state index contributed by atoms with van der Waals surface area (Å²) in [4.78, 5) is 20.5. The van der Waals surface area contributed by atoms with Gasteiger partial charge in [0.15, 0.2) is 0 Å². The van der Waals surface area contributed by atoms with E-state index < -0.39 is 5.91 Å². The molecular formula is C18H14ClFN4O. The maximum atomic E-state index is 13.6. The minimum atomic E-state index is -0.390. The Morgan fingerprint density at radius 1 is 1.12 bits per heavy atom. The van der Waals surface area contributed by atoms with E-state index in [9.17, 15) is 9.18 Å². The van der Waals surface area contributed by atoms with Crippen molar-refractivity contribution in [2.45, 2.75) is 6.54 Å². The number of halogens is 2. The van der Waals surface area contributed by atoms with Crippen LogP contribution in [-0.4, -0.2) is 15.9 Å². The Labute approximate surface area is 148 Å². The minimum absolute atomic E-state index is 0.186. The third kappa shape index (κ3) is 4.51. The summed E-state index contributed by atoms with van der Waals surface area (Å²) in [5, 5.41) is 6.14. The fourth-order valence-electron chi connectivity index (χ4n) is 2.15. The Morgan fingerprint density at radius 2 is 1.96 bits per heavy atom. The highest BCUT2D eigenvalue weighted by atomic mass is 35.5. The maximum absolute atomic E-state index is 13.6. The van der Waals surface area contributed by atoms with Gasteiger partial charge in [-0.15, -0.1) is 0 Å². The highest BCUT2D eigenvalue weighted by Crippen LogP contribution is 2.16. The monoisotopic (exact) mass is 356 g/mol. The van der Waals surface area contributed by atoms with Crippen molar-refractivity contribution in [2.75, 3.05) is 10.6 Å². The molecule has 126 valence electrons. The van der Waals surface area contributed by atoms with Crippen LogP contribution in [0.2, 0.25) is 5.02 Å². The number of aromatic nitrogens is 2. The van der Waals surface area contributed by atoms with Gasteiger partial charge < -0.3 is 10.6 Å². The second-order valence-electron chi connectivity index (χ2n) is 5.17. The zero-order chi connectivity index (χ0) is 17.6. The second kappa shape index (κ2) is 7.72. The summed E-state index contributed by atoms with van der Waals surface area (Å²) in [6, 6.07) is 14.7. The van der Waals surface area contributed by atoms with Crippen LogP contribution in [0.4, 0.5) is 16.0 Å². The van der Waals surface area contributed by atoms with Gasteiger partial charge in [-0.1, -0.05) is 35.9 Å². The smallest absolute Gasteiger partial charge is 0.274 e. The normalized spacial score (nSPS) is 10.3. The van der Waals surface area contributed by atoms with Gasteiger partial charge in [0.05, 0.1) is 0 Å². The molecule has 2 aromatic carbocycles. The van der Waals surface area contributed by atoms with Gasteiger partial charge >= 0.3 is 0 Å². The Balaban J connectivity index is 1.68. The van der Waals surface area contributed by atoms with Gasteiger partial charge in [0.2, 0.25) is 5.95 Å². The summed E-state index contributed by atoms with van der Waals surface area (Å²) in [5.41, 5.74) is 1.24. The highest BCUT2D eigenvalue weighted by Gasteiger charge is 2.10. The van der Waals surface area contributed by atoms with Crippen LogP contribution in [-0.2, 0) is 6.54 Å². The molecule has 0 bridgehead atoms. The highest BCUT2D eigenvalue weighted by molar-refractivity contribution is 6.30. The first kappa shape index (κ1) is 16.9. The summed E-state index contributed by atoms with van der Waals surface area (Å²) < 4.78 is 13.6. The molecule has 0 fully saturated rings. The molecule has 0 aliphatic heterocycles. The number of carbonyl (C=O) groups is 1. The minimum Gasteiger partial charge on any atom is -0.350 e. The summed E-state index contributed by atoms with van der Waals surface area (Å²) in [5.74, 6) is -0.467. The van der Waals surface area contributed by atoms with E-state index in [2.05, 4.69) is 20.6 Å². The fraction of sp³-hybridized carbons (Fsp3) is 0.0556. The Kier molecular flexibility index (Phi) is 5.20. The molecule has 1 heterocycles. The predicted molar refractivity (Wildman–Crippen MR) is 95.2 cm³/mol. The molecule has 1 aromatic heterocycles. The lowest BCUT2D eigenvalue weighted by molar-refractivity contribution is 0.102. The topological polar surface area (TPSA) is 66.9 Å². The van der Waals surface area contributed by atoms with Crippen LogP contribution in [0.5, 0.6) is 0 Å². The van der Waals surface area contributed by atoms with Crippen molar-refractivity contribution in [3.8, 4) is 0 Å². The molecular weight excluding hydrogens is 343 g/mol. The average molecular weight is 357 g/mol. The van der Waals surface area contributed by atoms with Crippen molar-refractivity contribution in [3.05, 3.63) is 82.9 Å². The molecule has 0 unspecified atom stereocenters. The third-order valence-corrected chi connectivity index (χ3v) is 3.60. The summed E-state index contributed by atoms with van der Waals surface area (Å²) in [7, 11) is 0. The molecule has 7 heteroatoms. The lowest BCUT2D eigenvalue weighted by atomic mass is 10.2. The number of benzene rings is 2. The van der Waals surface area contributed by atoms with Gasteiger partial charge in [-0.05, 0) is 30.3 Å². The molecule has 0 saturated heterocycles. The molecule has 3 aromatic rings. The standard InChI is InChI=1S/C18H14ClFN4O/c19-13-5-3-6-14(10-13)23-17(25)16-8-9-21-18(24-16)22-11-12-4-1-2-7-15(12)20/h1-10H,11H2,(H,23,25)(H,21,22,24). The molecule has 5 nitrogen and oxygen atoms in total. The molecule has 0 saturated carbocycles. The fourth-order valence-corrected chi connectivity index (χ4v) is 2.34. The zero-order valence-corrected chi connectivity index (χ0v) is 13.8. The van der Waals surface area contributed by atoms with E-state index in [1.807, 2.05) is 0 Å². The van der Waals surface area contributed by atoms with Crippen LogP contribution in [0.1, 0.15) is 16.1 Å².